The zero-order valence-electron chi connectivity index (χ0n) is 14.4. The van der Waals surface area contributed by atoms with Crippen LogP contribution < -0.4 is 0 Å². The third-order valence-electron chi connectivity index (χ3n) is 3.80. The van der Waals surface area contributed by atoms with E-state index in [2.05, 4.69) is 93.3 Å². The van der Waals surface area contributed by atoms with Gasteiger partial charge in [-0.25, -0.2) is 0 Å². The van der Waals surface area contributed by atoms with Crippen molar-refractivity contribution in [3.63, 3.8) is 0 Å². The van der Waals surface area contributed by atoms with Crippen molar-refractivity contribution in [2.45, 2.75) is 33.7 Å². The maximum absolute atomic E-state index is 2.64. The Balaban J connectivity index is 2.41. The van der Waals surface area contributed by atoms with E-state index in [4.69, 9.17) is 0 Å². The molecule has 2 aromatic carbocycles. The maximum Gasteiger partial charge on any atom is 0.0601 e. The lowest BCUT2D eigenvalue weighted by Gasteiger charge is -2.35. The smallest absolute Gasteiger partial charge is 0.0601 e. The zero-order valence-corrected chi connectivity index (χ0v) is 14.4. The first-order valence-electron chi connectivity index (χ1n) is 8.42. The van der Waals surface area contributed by atoms with Crippen LogP contribution in [0.3, 0.4) is 0 Å². The molecule has 0 atom stereocenters. The largest absolute Gasteiger partial charge is 0.292 e. The van der Waals surface area contributed by atoms with E-state index in [1.54, 1.807) is 0 Å². The lowest BCUT2D eigenvalue weighted by atomic mass is 9.95. The molecule has 0 fully saturated rings. The molecule has 0 N–H and O–H groups in total. The van der Waals surface area contributed by atoms with Crippen LogP contribution in [0.4, 0.5) is 0 Å². The van der Waals surface area contributed by atoms with Crippen LogP contribution in [-0.4, -0.2) is 18.0 Å². The van der Waals surface area contributed by atoms with Crippen molar-refractivity contribution >= 4 is 0 Å². The third kappa shape index (κ3) is 4.71. The summed E-state index contributed by atoms with van der Waals surface area (Å²) >= 11 is 0. The molecule has 0 aliphatic carbocycles. The van der Waals surface area contributed by atoms with Gasteiger partial charge in [-0.05, 0) is 23.0 Å². The number of hydrogen-bond acceptors (Lipinski definition) is 1. The second-order valence-electron chi connectivity index (χ2n) is 6.97. The molecule has 0 bridgehead atoms. The Bertz CT molecular complexity index is 481. The minimum absolute atomic E-state index is 0.340. The van der Waals surface area contributed by atoms with Gasteiger partial charge in [0.1, 0.15) is 0 Å². The van der Waals surface area contributed by atoms with E-state index in [-0.39, 0.29) is 0 Å². The van der Waals surface area contributed by atoms with Crippen molar-refractivity contribution in [3.8, 4) is 0 Å². The third-order valence-corrected chi connectivity index (χ3v) is 3.80. The highest BCUT2D eigenvalue weighted by atomic mass is 15.2. The van der Waals surface area contributed by atoms with Crippen LogP contribution in [0, 0.1) is 11.8 Å². The number of benzene rings is 2. The predicted molar refractivity (Wildman–Crippen MR) is 96.0 cm³/mol. The van der Waals surface area contributed by atoms with Gasteiger partial charge in [0.15, 0.2) is 0 Å². The van der Waals surface area contributed by atoms with Crippen LogP contribution >= 0.6 is 0 Å². The topological polar surface area (TPSA) is 3.24 Å². The van der Waals surface area contributed by atoms with Gasteiger partial charge in [-0.3, -0.25) is 4.90 Å². The van der Waals surface area contributed by atoms with E-state index in [9.17, 15) is 0 Å². The van der Waals surface area contributed by atoms with Crippen molar-refractivity contribution in [1.82, 2.24) is 4.90 Å². The lowest BCUT2D eigenvalue weighted by molar-refractivity contribution is 0.179. The molecular weight excluding hydrogens is 266 g/mol. The van der Waals surface area contributed by atoms with Crippen molar-refractivity contribution in [2.75, 3.05) is 13.1 Å². The van der Waals surface area contributed by atoms with E-state index < -0.39 is 0 Å². The van der Waals surface area contributed by atoms with E-state index in [1.165, 1.54) is 11.1 Å². The average molecular weight is 295 g/mol. The molecule has 2 aromatic rings. The summed E-state index contributed by atoms with van der Waals surface area (Å²) in [5.41, 5.74) is 2.77. The van der Waals surface area contributed by atoms with Crippen LogP contribution in [0.15, 0.2) is 60.7 Å². The molecule has 22 heavy (non-hydrogen) atoms. The van der Waals surface area contributed by atoms with E-state index in [0.717, 1.165) is 13.1 Å². The Morgan fingerprint density at radius 1 is 0.636 bits per heavy atom. The molecular formula is C21H29N. The fraction of sp³-hybridized carbons (Fsp3) is 0.429. The molecule has 2 rings (SSSR count). The second-order valence-corrected chi connectivity index (χ2v) is 6.97. The number of nitrogens with zero attached hydrogens (tertiary/aromatic N) is 1. The van der Waals surface area contributed by atoms with Gasteiger partial charge in [-0.15, -0.1) is 0 Å². The summed E-state index contributed by atoms with van der Waals surface area (Å²) in [5, 5.41) is 0. The molecule has 0 unspecified atom stereocenters. The molecule has 0 spiro atoms. The molecule has 0 aromatic heterocycles. The molecule has 0 radical (unpaired) electrons. The summed E-state index contributed by atoms with van der Waals surface area (Å²) in [6, 6.07) is 22.1. The predicted octanol–water partition coefficient (Wildman–Crippen LogP) is 5.39. The molecule has 0 amide bonds. The normalized spacial score (nSPS) is 11.8. The Kier molecular flexibility index (Phi) is 6.21. The highest BCUT2D eigenvalue weighted by Crippen LogP contribution is 2.30. The van der Waals surface area contributed by atoms with Gasteiger partial charge >= 0.3 is 0 Å². The molecule has 1 nitrogen and oxygen atoms in total. The van der Waals surface area contributed by atoms with Crippen molar-refractivity contribution < 1.29 is 0 Å². The van der Waals surface area contributed by atoms with Crippen LogP contribution in [-0.2, 0) is 0 Å². The zero-order chi connectivity index (χ0) is 15.9. The Hall–Kier alpha value is -1.60. The highest BCUT2D eigenvalue weighted by molar-refractivity contribution is 5.31. The minimum Gasteiger partial charge on any atom is -0.292 e. The van der Waals surface area contributed by atoms with Gasteiger partial charge in [0.05, 0.1) is 6.04 Å². The quantitative estimate of drug-likeness (QED) is 0.662. The monoisotopic (exact) mass is 295 g/mol. The van der Waals surface area contributed by atoms with Crippen molar-refractivity contribution in [3.05, 3.63) is 71.8 Å². The summed E-state index contributed by atoms with van der Waals surface area (Å²) < 4.78 is 0. The summed E-state index contributed by atoms with van der Waals surface area (Å²) in [7, 11) is 0. The van der Waals surface area contributed by atoms with Gasteiger partial charge in [-0.2, -0.15) is 0 Å². The number of hydrogen-bond donors (Lipinski definition) is 0. The van der Waals surface area contributed by atoms with E-state index >= 15 is 0 Å². The summed E-state index contributed by atoms with van der Waals surface area (Å²) in [4.78, 5) is 2.64. The molecule has 118 valence electrons. The van der Waals surface area contributed by atoms with Crippen molar-refractivity contribution in [2.24, 2.45) is 11.8 Å². The first-order valence-corrected chi connectivity index (χ1v) is 8.42. The first-order chi connectivity index (χ1) is 10.6. The Labute approximate surface area is 136 Å². The Morgan fingerprint density at radius 3 is 1.32 bits per heavy atom. The van der Waals surface area contributed by atoms with Crippen LogP contribution in [0.25, 0.3) is 0 Å². The average Bonchev–Trinajstić information content (AvgIpc) is 2.48. The summed E-state index contributed by atoms with van der Waals surface area (Å²) in [5.74, 6) is 1.32. The first kappa shape index (κ1) is 16.8. The van der Waals surface area contributed by atoms with Crippen molar-refractivity contribution in [1.29, 1.82) is 0 Å². The van der Waals surface area contributed by atoms with Gasteiger partial charge in [-0.1, -0.05) is 88.4 Å². The maximum atomic E-state index is 2.64. The fourth-order valence-corrected chi connectivity index (χ4v) is 3.11. The fourth-order valence-electron chi connectivity index (χ4n) is 3.11. The van der Waals surface area contributed by atoms with Crippen LogP contribution in [0.1, 0.15) is 44.9 Å². The summed E-state index contributed by atoms with van der Waals surface area (Å²) in [6.07, 6.45) is 0. The Morgan fingerprint density at radius 2 is 1.00 bits per heavy atom. The highest BCUT2D eigenvalue weighted by Gasteiger charge is 2.23. The molecule has 0 heterocycles. The molecule has 0 aliphatic heterocycles. The SMILES string of the molecule is CC(C)CN(CC(C)C)C(c1ccccc1)c1ccccc1. The number of rotatable bonds is 7. The van der Waals surface area contributed by atoms with E-state index in [0.29, 0.717) is 17.9 Å². The lowest BCUT2D eigenvalue weighted by Crippen LogP contribution is -2.35. The van der Waals surface area contributed by atoms with Gasteiger partial charge in [0, 0.05) is 13.1 Å². The summed E-state index contributed by atoms with van der Waals surface area (Å²) in [6.45, 7) is 11.5. The van der Waals surface area contributed by atoms with E-state index in [1.807, 2.05) is 0 Å². The second kappa shape index (κ2) is 8.14. The molecule has 0 saturated heterocycles. The van der Waals surface area contributed by atoms with Gasteiger partial charge < -0.3 is 0 Å². The minimum atomic E-state index is 0.340. The molecule has 1 heteroatoms. The van der Waals surface area contributed by atoms with Crippen LogP contribution in [0.2, 0.25) is 0 Å². The van der Waals surface area contributed by atoms with Gasteiger partial charge in [0.25, 0.3) is 0 Å². The molecule has 0 aliphatic rings. The van der Waals surface area contributed by atoms with Crippen LogP contribution in [0.5, 0.6) is 0 Å². The molecule has 0 saturated carbocycles. The standard InChI is InChI=1S/C21H29N/c1-17(2)15-22(16-18(3)4)21(19-11-7-5-8-12-19)20-13-9-6-10-14-20/h5-14,17-18,21H,15-16H2,1-4H3. The van der Waals surface area contributed by atoms with Gasteiger partial charge in [0.2, 0.25) is 0 Å².